The lowest BCUT2D eigenvalue weighted by molar-refractivity contribution is 0.688. The zero-order valence-corrected chi connectivity index (χ0v) is 10.1. The van der Waals surface area contributed by atoms with E-state index in [0.717, 1.165) is 23.3 Å². The molecule has 3 aromatic rings. The van der Waals surface area contributed by atoms with Crippen molar-refractivity contribution < 1.29 is 0 Å². The third-order valence-electron chi connectivity index (χ3n) is 3.18. The zero-order valence-electron chi connectivity index (χ0n) is 10.1. The highest BCUT2D eigenvalue weighted by molar-refractivity contribution is 5.79. The van der Waals surface area contributed by atoms with Gasteiger partial charge in [-0.3, -0.25) is 0 Å². The fourth-order valence-corrected chi connectivity index (χ4v) is 2.22. The molecule has 92 valence electrons. The maximum atomic E-state index is 6.16. The monoisotopic (exact) mass is 241 g/mol. The number of benzene rings is 1. The number of aromatic nitrogens is 4. The van der Waals surface area contributed by atoms with Crippen LogP contribution < -0.4 is 5.73 Å². The number of aryl methyl sites for hydroxylation is 1. The van der Waals surface area contributed by atoms with Crippen molar-refractivity contribution >= 4 is 10.9 Å². The summed E-state index contributed by atoms with van der Waals surface area (Å²) in [6.45, 7) is 1.91. The summed E-state index contributed by atoms with van der Waals surface area (Å²) in [4.78, 5) is 3.18. The van der Waals surface area contributed by atoms with E-state index in [1.54, 1.807) is 0 Å². The lowest BCUT2D eigenvalue weighted by Crippen LogP contribution is -2.15. The molecule has 4 N–H and O–H groups in total. The molecule has 0 aliphatic rings. The van der Waals surface area contributed by atoms with Crippen LogP contribution in [0.5, 0.6) is 0 Å². The highest BCUT2D eigenvalue weighted by Crippen LogP contribution is 2.19. The molecule has 3 rings (SSSR count). The van der Waals surface area contributed by atoms with E-state index in [0.29, 0.717) is 0 Å². The standard InChI is InChI=1S/C13H15N5/c1-8-13(17-18-16-8)11(14)7-9-2-3-12-10(6-9)4-5-15-12/h2-6,11,15H,7,14H2,1H3,(H,16,17,18). The molecule has 1 unspecified atom stereocenters. The predicted molar refractivity (Wildman–Crippen MR) is 70.1 cm³/mol. The Kier molecular flexibility index (Phi) is 2.60. The topological polar surface area (TPSA) is 83.4 Å². The van der Waals surface area contributed by atoms with Gasteiger partial charge < -0.3 is 10.7 Å². The van der Waals surface area contributed by atoms with Crippen LogP contribution in [-0.4, -0.2) is 20.4 Å². The van der Waals surface area contributed by atoms with E-state index in [9.17, 15) is 0 Å². The van der Waals surface area contributed by atoms with E-state index in [-0.39, 0.29) is 6.04 Å². The summed E-state index contributed by atoms with van der Waals surface area (Å²) in [7, 11) is 0. The quantitative estimate of drug-likeness (QED) is 0.654. The van der Waals surface area contributed by atoms with Gasteiger partial charge in [0.1, 0.15) is 5.69 Å². The van der Waals surface area contributed by atoms with Gasteiger partial charge in [0.15, 0.2) is 0 Å². The van der Waals surface area contributed by atoms with Crippen LogP contribution in [0.1, 0.15) is 23.0 Å². The molecule has 0 spiro atoms. The number of H-pyrrole nitrogens is 2. The first-order chi connectivity index (χ1) is 8.74. The van der Waals surface area contributed by atoms with Crippen LogP contribution in [0.4, 0.5) is 0 Å². The van der Waals surface area contributed by atoms with Crippen molar-refractivity contribution in [3.8, 4) is 0 Å². The van der Waals surface area contributed by atoms with Gasteiger partial charge in [0.05, 0.1) is 11.7 Å². The number of hydrogen-bond acceptors (Lipinski definition) is 3. The SMILES string of the molecule is Cc1n[nH]nc1C(N)Cc1ccc2[nH]ccc2c1. The van der Waals surface area contributed by atoms with Crippen LogP contribution in [0, 0.1) is 6.92 Å². The number of nitrogens with zero attached hydrogens (tertiary/aromatic N) is 2. The largest absolute Gasteiger partial charge is 0.361 e. The van der Waals surface area contributed by atoms with Gasteiger partial charge in [-0.2, -0.15) is 15.4 Å². The average Bonchev–Trinajstić information content (AvgIpc) is 2.96. The van der Waals surface area contributed by atoms with Crippen molar-refractivity contribution in [1.29, 1.82) is 0 Å². The Balaban J connectivity index is 1.85. The van der Waals surface area contributed by atoms with Crippen molar-refractivity contribution in [2.24, 2.45) is 5.73 Å². The van der Waals surface area contributed by atoms with Gasteiger partial charge in [0.25, 0.3) is 0 Å². The van der Waals surface area contributed by atoms with E-state index in [1.807, 2.05) is 13.1 Å². The van der Waals surface area contributed by atoms with Gasteiger partial charge >= 0.3 is 0 Å². The minimum atomic E-state index is -0.125. The van der Waals surface area contributed by atoms with Crippen molar-refractivity contribution in [3.05, 3.63) is 47.4 Å². The first-order valence-electron chi connectivity index (χ1n) is 5.93. The van der Waals surface area contributed by atoms with Gasteiger partial charge in [-0.15, -0.1) is 0 Å². The average molecular weight is 241 g/mol. The molecular weight excluding hydrogens is 226 g/mol. The molecule has 5 heteroatoms. The minimum absolute atomic E-state index is 0.125. The van der Waals surface area contributed by atoms with Crippen molar-refractivity contribution in [2.75, 3.05) is 0 Å². The molecule has 0 saturated heterocycles. The third kappa shape index (κ3) is 1.89. The molecule has 2 aromatic heterocycles. The third-order valence-corrected chi connectivity index (χ3v) is 3.18. The Morgan fingerprint density at radius 3 is 2.94 bits per heavy atom. The van der Waals surface area contributed by atoms with E-state index < -0.39 is 0 Å². The van der Waals surface area contributed by atoms with Crippen LogP contribution in [0.15, 0.2) is 30.5 Å². The number of hydrogen-bond donors (Lipinski definition) is 3. The van der Waals surface area contributed by atoms with Crippen LogP contribution >= 0.6 is 0 Å². The maximum absolute atomic E-state index is 6.16. The van der Waals surface area contributed by atoms with E-state index in [2.05, 4.69) is 44.7 Å². The highest BCUT2D eigenvalue weighted by Gasteiger charge is 2.13. The van der Waals surface area contributed by atoms with Gasteiger partial charge in [-0.05, 0) is 42.5 Å². The molecule has 2 heterocycles. The second-order valence-electron chi connectivity index (χ2n) is 4.50. The van der Waals surface area contributed by atoms with Crippen LogP contribution in [-0.2, 0) is 6.42 Å². The molecule has 18 heavy (non-hydrogen) atoms. The van der Waals surface area contributed by atoms with Crippen LogP contribution in [0.3, 0.4) is 0 Å². The van der Waals surface area contributed by atoms with E-state index >= 15 is 0 Å². The Bertz CT molecular complexity index is 667. The van der Waals surface area contributed by atoms with Crippen LogP contribution in [0.25, 0.3) is 10.9 Å². The molecule has 0 saturated carbocycles. The summed E-state index contributed by atoms with van der Waals surface area (Å²) in [5.74, 6) is 0. The lowest BCUT2D eigenvalue weighted by atomic mass is 10.0. The molecule has 0 aliphatic carbocycles. The minimum Gasteiger partial charge on any atom is -0.361 e. The van der Waals surface area contributed by atoms with Crippen molar-refractivity contribution in [1.82, 2.24) is 20.4 Å². The molecule has 0 aliphatic heterocycles. The first kappa shape index (κ1) is 11.0. The molecule has 0 bridgehead atoms. The zero-order chi connectivity index (χ0) is 12.5. The molecule has 1 aromatic carbocycles. The molecule has 0 radical (unpaired) electrons. The predicted octanol–water partition coefficient (Wildman–Crippen LogP) is 1.84. The summed E-state index contributed by atoms with van der Waals surface area (Å²) >= 11 is 0. The van der Waals surface area contributed by atoms with Gasteiger partial charge in [-0.25, -0.2) is 0 Å². The fourth-order valence-electron chi connectivity index (χ4n) is 2.22. The summed E-state index contributed by atoms with van der Waals surface area (Å²) in [5.41, 5.74) is 10.2. The Morgan fingerprint density at radius 1 is 1.28 bits per heavy atom. The van der Waals surface area contributed by atoms with E-state index in [1.165, 1.54) is 10.9 Å². The molecule has 0 fully saturated rings. The lowest BCUT2D eigenvalue weighted by Gasteiger charge is -2.09. The normalized spacial score (nSPS) is 13.0. The van der Waals surface area contributed by atoms with Crippen LogP contribution in [0.2, 0.25) is 0 Å². The molecule has 0 amide bonds. The van der Waals surface area contributed by atoms with Crippen molar-refractivity contribution in [2.45, 2.75) is 19.4 Å². The molecule has 5 nitrogen and oxygen atoms in total. The Morgan fingerprint density at radius 2 is 2.17 bits per heavy atom. The summed E-state index contributed by atoms with van der Waals surface area (Å²) in [6, 6.07) is 8.26. The van der Waals surface area contributed by atoms with Gasteiger partial charge in [0, 0.05) is 11.7 Å². The molecular formula is C13H15N5. The number of aromatic amines is 2. The second-order valence-corrected chi connectivity index (χ2v) is 4.50. The maximum Gasteiger partial charge on any atom is 0.102 e. The number of nitrogens with one attached hydrogen (secondary N) is 2. The fraction of sp³-hybridized carbons (Fsp3) is 0.231. The number of fused-ring (bicyclic) bond motifs is 1. The van der Waals surface area contributed by atoms with E-state index in [4.69, 9.17) is 5.73 Å². The highest BCUT2D eigenvalue weighted by atomic mass is 15.3. The number of rotatable bonds is 3. The number of nitrogens with two attached hydrogens (primary N) is 1. The van der Waals surface area contributed by atoms with Gasteiger partial charge in [-0.1, -0.05) is 6.07 Å². The second kappa shape index (κ2) is 4.27. The summed E-state index contributed by atoms with van der Waals surface area (Å²) in [6.07, 6.45) is 2.70. The molecule has 1 atom stereocenters. The first-order valence-corrected chi connectivity index (χ1v) is 5.93. The van der Waals surface area contributed by atoms with Gasteiger partial charge in [0.2, 0.25) is 0 Å². The Hall–Kier alpha value is -2.14. The Labute approximate surface area is 104 Å². The summed E-state index contributed by atoms with van der Waals surface area (Å²) in [5, 5.41) is 11.9. The van der Waals surface area contributed by atoms with Crippen molar-refractivity contribution in [3.63, 3.8) is 0 Å². The smallest absolute Gasteiger partial charge is 0.102 e. The summed E-state index contributed by atoms with van der Waals surface area (Å²) < 4.78 is 0.